The Balaban J connectivity index is 2.06. The molecule has 1 aromatic carbocycles. The van der Waals surface area contributed by atoms with Crippen molar-refractivity contribution in [2.75, 3.05) is 0 Å². The number of sulfonamides is 1. The Morgan fingerprint density at radius 3 is 2.48 bits per heavy atom. The van der Waals surface area contributed by atoms with Gasteiger partial charge in [0.05, 0.1) is 22.9 Å². The van der Waals surface area contributed by atoms with Crippen molar-refractivity contribution in [3.63, 3.8) is 0 Å². The largest absolute Gasteiger partial charge is 0.390 e. The number of rotatable bonds is 3. The molecule has 1 heterocycles. The predicted molar refractivity (Wildman–Crippen MR) is 77.5 cm³/mol. The van der Waals surface area contributed by atoms with E-state index < -0.39 is 10.0 Å². The third kappa shape index (κ3) is 2.59. The minimum atomic E-state index is -3.69. The fraction of sp³-hybridized carbons (Fsp3) is 0.357. The van der Waals surface area contributed by atoms with Crippen molar-refractivity contribution in [1.82, 2.24) is 9.78 Å². The van der Waals surface area contributed by atoms with Crippen LogP contribution in [0.4, 0.5) is 0 Å². The standard InChI is InChI=1S/C14H17N3O3S/c15-21(19,20)11-7-5-10(6-8-11)17-14-4-2-1-3-12(14)13(9-18)16-17/h5-8,18H,1-4,9H2,(H2,15,19,20). The molecule has 0 saturated carbocycles. The van der Waals surface area contributed by atoms with E-state index in [1.165, 1.54) is 12.1 Å². The van der Waals surface area contributed by atoms with Gasteiger partial charge in [0.25, 0.3) is 0 Å². The molecule has 0 amide bonds. The summed E-state index contributed by atoms with van der Waals surface area (Å²) in [6, 6.07) is 6.31. The van der Waals surface area contributed by atoms with Crippen LogP contribution in [0.1, 0.15) is 29.8 Å². The summed E-state index contributed by atoms with van der Waals surface area (Å²) in [6.45, 7) is -0.0788. The van der Waals surface area contributed by atoms with Crippen LogP contribution in [0, 0.1) is 0 Å². The molecule has 0 aliphatic heterocycles. The molecule has 0 bridgehead atoms. The molecule has 0 spiro atoms. The van der Waals surface area contributed by atoms with Gasteiger partial charge in [-0.05, 0) is 55.5 Å². The lowest BCUT2D eigenvalue weighted by molar-refractivity contribution is 0.275. The molecule has 6 nitrogen and oxygen atoms in total. The van der Waals surface area contributed by atoms with Crippen molar-refractivity contribution in [2.45, 2.75) is 37.2 Å². The first kappa shape index (κ1) is 14.2. The zero-order valence-corrected chi connectivity index (χ0v) is 12.3. The van der Waals surface area contributed by atoms with E-state index in [1.54, 1.807) is 16.8 Å². The van der Waals surface area contributed by atoms with Crippen LogP contribution in [0.2, 0.25) is 0 Å². The smallest absolute Gasteiger partial charge is 0.238 e. The minimum absolute atomic E-state index is 0.0784. The quantitative estimate of drug-likeness (QED) is 0.880. The number of nitrogens with zero attached hydrogens (tertiary/aromatic N) is 2. The number of aliphatic hydroxyl groups is 1. The Morgan fingerprint density at radius 1 is 1.19 bits per heavy atom. The number of aromatic nitrogens is 2. The highest BCUT2D eigenvalue weighted by Crippen LogP contribution is 2.27. The highest BCUT2D eigenvalue weighted by molar-refractivity contribution is 7.89. The van der Waals surface area contributed by atoms with Gasteiger partial charge >= 0.3 is 0 Å². The molecule has 3 rings (SSSR count). The summed E-state index contributed by atoms with van der Waals surface area (Å²) in [4.78, 5) is 0.0784. The Hall–Kier alpha value is -1.70. The summed E-state index contributed by atoms with van der Waals surface area (Å²) >= 11 is 0. The Kier molecular flexibility index (Phi) is 3.56. The first-order chi connectivity index (χ1) is 10.0. The molecule has 0 atom stereocenters. The number of benzene rings is 1. The normalized spacial score (nSPS) is 15.0. The van der Waals surface area contributed by atoms with Gasteiger partial charge in [-0.1, -0.05) is 0 Å². The number of hydrogen-bond acceptors (Lipinski definition) is 4. The Morgan fingerprint density at radius 2 is 1.86 bits per heavy atom. The van der Waals surface area contributed by atoms with Crippen LogP contribution in [0.15, 0.2) is 29.2 Å². The van der Waals surface area contributed by atoms with Crippen LogP contribution >= 0.6 is 0 Å². The van der Waals surface area contributed by atoms with Crippen molar-refractivity contribution < 1.29 is 13.5 Å². The highest BCUT2D eigenvalue weighted by Gasteiger charge is 2.21. The average molecular weight is 307 g/mol. The average Bonchev–Trinajstić information content (AvgIpc) is 2.85. The summed E-state index contributed by atoms with van der Waals surface area (Å²) in [6.07, 6.45) is 4.05. The van der Waals surface area contributed by atoms with E-state index in [0.29, 0.717) is 5.69 Å². The third-order valence-electron chi connectivity index (χ3n) is 3.82. The number of hydrogen-bond donors (Lipinski definition) is 2. The second kappa shape index (κ2) is 5.25. The summed E-state index contributed by atoms with van der Waals surface area (Å²) in [5, 5.41) is 19.0. The summed E-state index contributed by atoms with van der Waals surface area (Å²) < 4.78 is 24.4. The van der Waals surface area contributed by atoms with Gasteiger partial charge in [-0.3, -0.25) is 0 Å². The van der Waals surface area contributed by atoms with Gasteiger partial charge in [0.1, 0.15) is 0 Å². The van der Waals surface area contributed by atoms with E-state index in [2.05, 4.69) is 5.10 Å². The fourth-order valence-corrected chi connectivity index (χ4v) is 3.31. The molecule has 1 aromatic heterocycles. The monoisotopic (exact) mass is 307 g/mol. The molecule has 0 fully saturated rings. The van der Waals surface area contributed by atoms with Gasteiger partial charge in [0.15, 0.2) is 0 Å². The van der Waals surface area contributed by atoms with Crippen LogP contribution in [0.25, 0.3) is 5.69 Å². The third-order valence-corrected chi connectivity index (χ3v) is 4.75. The molecule has 21 heavy (non-hydrogen) atoms. The van der Waals surface area contributed by atoms with Crippen molar-refractivity contribution in [3.8, 4) is 5.69 Å². The van der Waals surface area contributed by atoms with Gasteiger partial charge < -0.3 is 5.11 Å². The molecule has 3 N–H and O–H groups in total. The second-order valence-corrected chi connectivity index (χ2v) is 6.75. The zero-order valence-electron chi connectivity index (χ0n) is 11.5. The number of nitrogens with two attached hydrogens (primary N) is 1. The molecule has 0 radical (unpaired) electrons. The van der Waals surface area contributed by atoms with E-state index in [4.69, 9.17) is 5.14 Å². The van der Waals surface area contributed by atoms with Crippen LogP contribution in [-0.2, 0) is 29.5 Å². The lowest BCUT2D eigenvalue weighted by atomic mass is 9.96. The van der Waals surface area contributed by atoms with Crippen LogP contribution in [0.3, 0.4) is 0 Å². The second-order valence-electron chi connectivity index (χ2n) is 5.19. The van der Waals surface area contributed by atoms with Crippen LogP contribution < -0.4 is 5.14 Å². The first-order valence-electron chi connectivity index (χ1n) is 6.84. The van der Waals surface area contributed by atoms with Gasteiger partial charge in [-0.25, -0.2) is 18.2 Å². The first-order valence-corrected chi connectivity index (χ1v) is 8.39. The predicted octanol–water partition coefficient (Wildman–Crippen LogP) is 0.891. The summed E-state index contributed by atoms with van der Waals surface area (Å²) in [7, 11) is -3.69. The van der Waals surface area contributed by atoms with Crippen molar-refractivity contribution in [1.29, 1.82) is 0 Å². The summed E-state index contributed by atoms with van der Waals surface area (Å²) in [5.74, 6) is 0. The number of fused-ring (bicyclic) bond motifs is 1. The zero-order chi connectivity index (χ0) is 15.0. The molecule has 0 unspecified atom stereocenters. The molecule has 1 aliphatic carbocycles. The topological polar surface area (TPSA) is 98.2 Å². The van der Waals surface area contributed by atoms with Gasteiger partial charge in [-0.2, -0.15) is 5.10 Å². The molecule has 0 saturated heterocycles. The van der Waals surface area contributed by atoms with Crippen molar-refractivity contribution >= 4 is 10.0 Å². The number of aliphatic hydroxyl groups excluding tert-OH is 1. The molecule has 1 aliphatic rings. The maximum Gasteiger partial charge on any atom is 0.238 e. The molecule has 7 heteroatoms. The SMILES string of the molecule is NS(=O)(=O)c1ccc(-n2nc(CO)c3c2CCCC3)cc1. The Bertz CT molecular complexity index is 764. The molecule has 2 aromatic rings. The lowest BCUT2D eigenvalue weighted by Crippen LogP contribution is -2.12. The van der Waals surface area contributed by atoms with E-state index in [1.807, 2.05) is 0 Å². The lowest BCUT2D eigenvalue weighted by Gasteiger charge is -2.14. The van der Waals surface area contributed by atoms with Gasteiger partial charge in [0, 0.05) is 5.69 Å². The molecular weight excluding hydrogens is 290 g/mol. The maximum absolute atomic E-state index is 11.3. The molecular formula is C14H17N3O3S. The van der Waals surface area contributed by atoms with Gasteiger partial charge in [-0.15, -0.1) is 0 Å². The van der Waals surface area contributed by atoms with Crippen LogP contribution in [0.5, 0.6) is 0 Å². The maximum atomic E-state index is 11.3. The van der Waals surface area contributed by atoms with E-state index in [9.17, 15) is 13.5 Å². The van der Waals surface area contributed by atoms with Gasteiger partial charge in [0.2, 0.25) is 10.0 Å². The molecule has 112 valence electrons. The number of primary sulfonamides is 1. The summed E-state index contributed by atoms with van der Waals surface area (Å²) in [5.41, 5.74) is 3.72. The highest BCUT2D eigenvalue weighted by atomic mass is 32.2. The van der Waals surface area contributed by atoms with Crippen LogP contribution in [-0.4, -0.2) is 23.3 Å². The van der Waals surface area contributed by atoms with Crippen molar-refractivity contribution in [3.05, 3.63) is 41.2 Å². The minimum Gasteiger partial charge on any atom is -0.390 e. The fourth-order valence-electron chi connectivity index (χ4n) is 2.79. The van der Waals surface area contributed by atoms with E-state index in [-0.39, 0.29) is 11.5 Å². The Labute approximate surface area is 123 Å². The van der Waals surface area contributed by atoms with E-state index >= 15 is 0 Å². The van der Waals surface area contributed by atoms with Crippen molar-refractivity contribution in [2.24, 2.45) is 5.14 Å². The van der Waals surface area contributed by atoms with E-state index in [0.717, 1.165) is 42.6 Å².